The van der Waals surface area contributed by atoms with Gasteiger partial charge in [-0.1, -0.05) is 17.8 Å². The van der Waals surface area contributed by atoms with Crippen LogP contribution in [-0.2, 0) is 4.79 Å². The van der Waals surface area contributed by atoms with Crippen molar-refractivity contribution in [1.29, 1.82) is 0 Å². The largest absolute Gasteiger partial charge is 0.481 e. The van der Waals surface area contributed by atoms with Gasteiger partial charge >= 0.3 is 12.0 Å². The third-order valence-corrected chi connectivity index (χ3v) is 4.41. The van der Waals surface area contributed by atoms with Crippen LogP contribution in [0.1, 0.15) is 6.42 Å². The lowest BCUT2D eigenvalue weighted by Crippen LogP contribution is -2.33. The van der Waals surface area contributed by atoms with Gasteiger partial charge in [-0.05, 0) is 41.3 Å². The molecule has 0 bridgehead atoms. The van der Waals surface area contributed by atoms with Crippen LogP contribution >= 0.6 is 11.8 Å². The van der Waals surface area contributed by atoms with Gasteiger partial charge in [-0.3, -0.25) is 4.79 Å². The average molecular weight is 348 g/mol. The van der Waals surface area contributed by atoms with Gasteiger partial charge in [0.2, 0.25) is 5.16 Å². The minimum absolute atomic E-state index is 0.227. The topological polar surface area (TPSA) is 113 Å². The summed E-state index contributed by atoms with van der Waals surface area (Å²) in [6.45, 7) is 0.663. The van der Waals surface area contributed by atoms with Crippen molar-refractivity contribution in [1.82, 2.24) is 25.1 Å². The zero-order valence-electron chi connectivity index (χ0n) is 12.9. The summed E-state index contributed by atoms with van der Waals surface area (Å²) in [5.41, 5.74) is 1.32. The third kappa shape index (κ3) is 3.32. The highest BCUT2D eigenvalue weighted by Gasteiger charge is 2.30. The van der Waals surface area contributed by atoms with Crippen LogP contribution in [0.5, 0.6) is 0 Å². The zero-order chi connectivity index (χ0) is 17.1. The maximum atomic E-state index is 12.3. The van der Waals surface area contributed by atoms with Crippen molar-refractivity contribution in [3.63, 3.8) is 0 Å². The van der Waals surface area contributed by atoms with E-state index in [-0.39, 0.29) is 12.6 Å². The number of carbonyl (C=O) groups is 2. The fraction of sp³-hybridized carbons (Fsp3) is 0.357. The molecule has 2 aromatic rings. The summed E-state index contributed by atoms with van der Waals surface area (Å²) >= 11 is 1.42. The summed E-state index contributed by atoms with van der Waals surface area (Å²) in [4.78, 5) is 24.8. The number of benzene rings is 1. The first-order valence-electron chi connectivity index (χ1n) is 7.30. The van der Waals surface area contributed by atoms with Gasteiger partial charge in [0.15, 0.2) is 0 Å². The fourth-order valence-corrected chi connectivity index (χ4v) is 2.97. The standard InChI is InChI=1S/C14H16N6O3S/c1-24-14-16-17-18-20(14)11-4-2-3-10(7-11)15-13(23)19-6-5-9(8-19)12(21)22/h2-4,7,9H,5-6,8H2,1H3,(H,15,23)(H,21,22). The van der Waals surface area contributed by atoms with Gasteiger partial charge in [0.1, 0.15) is 0 Å². The van der Waals surface area contributed by atoms with E-state index < -0.39 is 11.9 Å². The number of thioether (sulfide) groups is 1. The zero-order valence-corrected chi connectivity index (χ0v) is 13.7. The predicted octanol–water partition coefficient (Wildman–Crippen LogP) is 1.32. The van der Waals surface area contributed by atoms with Crippen LogP contribution in [0, 0.1) is 5.92 Å². The number of carboxylic acids is 1. The van der Waals surface area contributed by atoms with Gasteiger partial charge < -0.3 is 15.3 Å². The van der Waals surface area contributed by atoms with Gasteiger partial charge in [0.25, 0.3) is 0 Å². The van der Waals surface area contributed by atoms with Crippen molar-refractivity contribution in [3.8, 4) is 5.69 Å². The number of amides is 2. The van der Waals surface area contributed by atoms with Crippen LogP contribution in [0.15, 0.2) is 29.4 Å². The second-order valence-corrected chi connectivity index (χ2v) is 6.10. The van der Waals surface area contributed by atoms with Crippen LogP contribution < -0.4 is 5.32 Å². The van der Waals surface area contributed by atoms with E-state index in [0.717, 1.165) is 5.69 Å². The molecule has 1 aromatic carbocycles. The molecule has 1 atom stereocenters. The van der Waals surface area contributed by atoms with E-state index in [2.05, 4.69) is 20.8 Å². The first-order chi connectivity index (χ1) is 11.6. The molecule has 1 saturated heterocycles. The predicted molar refractivity (Wildman–Crippen MR) is 87.3 cm³/mol. The molecule has 0 saturated carbocycles. The second-order valence-electron chi connectivity index (χ2n) is 5.33. The average Bonchev–Trinajstić information content (AvgIpc) is 3.24. The number of hydrogen-bond donors (Lipinski definition) is 2. The number of aliphatic carboxylic acids is 1. The van der Waals surface area contributed by atoms with Crippen molar-refractivity contribution in [2.75, 3.05) is 24.7 Å². The summed E-state index contributed by atoms with van der Waals surface area (Å²) in [5, 5.41) is 23.9. The quantitative estimate of drug-likeness (QED) is 0.801. The Morgan fingerprint density at radius 3 is 2.96 bits per heavy atom. The number of aromatic nitrogens is 4. The molecule has 1 aromatic heterocycles. The normalized spacial score (nSPS) is 17.0. The molecule has 0 aliphatic carbocycles. The smallest absolute Gasteiger partial charge is 0.321 e. The first kappa shape index (κ1) is 16.2. The maximum absolute atomic E-state index is 12.3. The number of tetrazole rings is 1. The highest BCUT2D eigenvalue weighted by molar-refractivity contribution is 7.98. The van der Waals surface area contributed by atoms with Crippen LogP contribution in [0.3, 0.4) is 0 Å². The number of anilines is 1. The minimum atomic E-state index is -0.865. The monoisotopic (exact) mass is 348 g/mol. The molecular formula is C14H16N6O3S. The lowest BCUT2D eigenvalue weighted by molar-refractivity contribution is -0.141. The number of rotatable bonds is 4. The molecule has 0 radical (unpaired) electrons. The molecule has 126 valence electrons. The first-order valence-corrected chi connectivity index (χ1v) is 8.52. The van der Waals surface area contributed by atoms with Gasteiger partial charge in [0.05, 0.1) is 11.6 Å². The number of nitrogens with zero attached hydrogens (tertiary/aromatic N) is 5. The van der Waals surface area contributed by atoms with E-state index in [1.807, 2.05) is 12.3 Å². The molecule has 2 N–H and O–H groups in total. The Bertz CT molecular complexity index is 764. The third-order valence-electron chi connectivity index (χ3n) is 3.79. The van der Waals surface area contributed by atoms with Gasteiger partial charge in [-0.25, -0.2) is 4.79 Å². The molecule has 0 spiro atoms. The minimum Gasteiger partial charge on any atom is -0.481 e. The van der Waals surface area contributed by atoms with Crippen molar-refractivity contribution < 1.29 is 14.7 Å². The SMILES string of the molecule is CSc1nnnn1-c1cccc(NC(=O)N2CCC(C(=O)O)C2)c1. The molecule has 1 aliphatic rings. The molecule has 3 rings (SSSR count). The summed E-state index contributed by atoms with van der Waals surface area (Å²) in [6.07, 6.45) is 2.35. The number of carbonyl (C=O) groups excluding carboxylic acids is 1. The molecular weight excluding hydrogens is 332 g/mol. The van der Waals surface area contributed by atoms with Crippen LogP contribution in [0.25, 0.3) is 5.69 Å². The molecule has 1 fully saturated rings. The lowest BCUT2D eigenvalue weighted by atomic mass is 10.1. The van der Waals surface area contributed by atoms with E-state index >= 15 is 0 Å². The highest BCUT2D eigenvalue weighted by Crippen LogP contribution is 2.21. The molecule has 10 heteroatoms. The maximum Gasteiger partial charge on any atom is 0.321 e. The molecule has 2 amide bonds. The van der Waals surface area contributed by atoms with Crippen molar-refractivity contribution >= 4 is 29.4 Å². The van der Waals surface area contributed by atoms with Crippen LogP contribution in [0.4, 0.5) is 10.5 Å². The van der Waals surface area contributed by atoms with Gasteiger partial charge in [-0.2, -0.15) is 4.68 Å². The summed E-state index contributed by atoms with van der Waals surface area (Å²) in [7, 11) is 0. The Morgan fingerprint density at radius 1 is 1.42 bits per heavy atom. The second kappa shape index (κ2) is 6.87. The van der Waals surface area contributed by atoms with E-state index in [4.69, 9.17) is 5.11 Å². The fourth-order valence-electron chi connectivity index (χ4n) is 2.53. The van der Waals surface area contributed by atoms with E-state index in [1.165, 1.54) is 16.7 Å². The van der Waals surface area contributed by atoms with Crippen LogP contribution in [-0.4, -0.2) is 61.6 Å². The number of urea groups is 1. The number of likely N-dealkylation sites (tertiary alicyclic amines) is 1. The number of nitrogens with one attached hydrogen (secondary N) is 1. The van der Waals surface area contributed by atoms with Crippen molar-refractivity contribution in [2.45, 2.75) is 11.6 Å². The Morgan fingerprint density at radius 2 is 2.25 bits per heavy atom. The Hall–Kier alpha value is -2.62. The Labute approximate surface area is 142 Å². The molecule has 1 aliphatic heterocycles. The van der Waals surface area contributed by atoms with E-state index in [0.29, 0.717) is 23.8 Å². The number of hydrogen-bond acceptors (Lipinski definition) is 6. The summed E-state index contributed by atoms with van der Waals surface area (Å²) < 4.78 is 1.58. The van der Waals surface area contributed by atoms with Crippen molar-refractivity contribution in [2.24, 2.45) is 5.92 Å². The van der Waals surface area contributed by atoms with E-state index in [1.54, 1.807) is 22.9 Å². The molecule has 2 heterocycles. The summed E-state index contributed by atoms with van der Waals surface area (Å²) in [5.74, 6) is -1.36. The van der Waals surface area contributed by atoms with Crippen molar-refractivity contribution in [3.05, 3.63) is 24.3 Å². The number of carboxylic acid groups (broad SMARTS) is 1. The van der Waals surface area contributed by atoms with Crippen LogP contribution in [0.2, 0.25) is 0 Å². The highest BCUT2D eigenvalue weighted by atomic mass is 32.2. The summed E-state index contributed by atoms with van der Waals surface area (Å²) in [6, 6.07) is 6.84. The molecule has 9 nitrogen and oxygen atoms in total. The molecule has 1 unspecified atom stereocenters. The lowest BCUT2D eigenvalue weighted by Gasteiger charge is -2.17. The Balaban J connectivity index is 1.71. The molecule has 24 heavy (non-hydrogen) atoms. The Kier molecular flexibility index (Phi) is 4.65. The van der Waals surface area contributed by atoms with Gasteiger partial charge in [0, 0.05) is 18.8 Å². The van der Waals surface area contributed by atoms with Gasteiger partial charge in [-0.15, -0.1) is 5.10 Å². The van der Waals surface area contributed by atoms with E-state index in [9.17, 15) is 9.59 Å².